The lowest BCUT2D eigenvalue weighted by Crippen LogP contribution is -2.17. The van der Waals surface area contributed by atoms with E-state index in [1.165, 1.54) is 25.6 Å². The second-order valence-corrected chi connectivity index (χ2v) is 6.78. The molecule has 1 aliphatic heterocycles. The van der Waals surface area contributed by atoms with Gasteiger partial charge in [0.15, 0.2) is 11.6 Å². The standard InChI is InChI=1S/C20H19FN4O3/c1-11(2)18-17(20(26)27-3)16(12-4-6-13(21)7-5-12)14-8-28-9-15-22-10-23-25(15)19(14)24-18/h4-7,10-11H,8-9H2,1-3H3. The van der Waals surface area contributed by atoms with Crippen LogP contribution in [0.1, 0.15) is 47.2 Å². The van der Waals surface area contributed by atoms with Crippen molar-refractivity contribution in [2.75, 3.05) is 7.11 Å². The molecule has 0 saturated carbocycles. The Bertz CT molecular complexity index is 1040. The molecule has 0 atom stereocenters. The number of hydrogen-bond donors (Lipinski definition) is 0. The van der Waals surface area contributed by atoms with E-state index in [-0.39, 0.29) is 24.9 Å². The van der Waals surface area contributed by atoms with Crippen molar-refractivity contribution in [3.8, 4) is 16.9 Å². The number of nitrogens with zero attached hydrogens (tertiary/aromatic N) is 4. The molecule has 8 heteroatoms. The normalized spacial score (nSPS) is 13.0. The van der Waals surface area contributed by atoms with Gasteiger partial charge >= 0.3 is 5.97 Å². The third kappa shape index (κ3) is 2.95. The molecule has 3 aromatic rings. The Morgan fingerprint density at radius 2 is 2.00 bits per heavy atom. The van der Waals surface area contributed by atoms with E-state index in [0.29, 0.717) is 39.6 Å². The predicted molar refractivity (Wildman–Crippen MR) is 98.5 cm³/mol. The number of carbonyl (C=O) groups is 1. The minimum Gasteiger partial charge on any atom is -0.465 e. The highest BCUT2D eigenvalue weighted by Gasteiger charge is 2.30. The zero-order chi connectivity index (χ0) is 19.8. The number of hydrogen-bond acceptors (Lipinski definition) is 6. The Morgan fingerprint density at radius 1 is 1.25 bits per heavy atom. The second-order valence-electron chi connectivity index (χ2n) is 6.78. The van der Waals surface area contributed by atoms with Crippen LogP contribution in [0.2, 0.25) is 0 Å². The lowest BCUT2D eigenvalue weighted by molar-refractivity contribution is 0.0598. The summed E-state index contributed by atoms with van der Waals surface area (Å²) in [5, 5.41) is 4.29. The van der Waals surface area contributed by atoms with Gasteiger partial charge in [-0.1, -0.05) is 26.0 Å². The van der Waals surface area contributed by atoms with Crippen molar-refractivity contribution >= 4 is 5.97 Å². The number of aromatic nitrogens is 4. The summed E-state index contributed by atoms with van der Waals surface area (Å²) in [6.07, 6.45) is 1.44. The van der Waals surface area contributed by atoms with E-state index >= 15 is 0 Å². The van der Waals surface area contributed by atoms with Gasteiger partial charge in [0.25, 0.3) is 0 Å². The number of methoxy groups -OCH3 is 1. The summed E-state index contributed by atoms with van der Waals surface area (Å²) >= 11 is 0. The molecule has 0 radical (unpaired) electrons. The van der Waals surface area contributed by atoms with Gasteiger partial charge in [-0.05, 0) is 23.6 Å². The van der Waals surface area contributed by atoms with Crippen molar-refractivity contribution in [3.63, 3.8) is 0 Å². The van der Waals surface area contributed by atoms with Gasteiger partial charge in [-0.2, -0.15) is 9.78 Å². The van der Waals surface area contributed by atoms with Crippen molar-refractivity contribution in [1.29, 1.82) is 0 Å². The topological polar surface area (TPSA) is 79.1 Å². The molecule has 7 nitrogen and oxygen atoms in total. The number of benzene rings is 1. The second kappa shape index (κ2) is 7.12. The number of ether oxygens (including phenoxy) is 2. The maximum atomic E-state index is 13.5. The Hall–Kier alpha value is -3.13. The maximum Gasteiger partial charge on any atom is 0.340 e. The molecular weight excluding hydrogens is 363 g/mol. The van der Waals surface area contributed by atoms with Gasteiger partial charge in [-0.15, -0.1) is 0 Å². The van der Waals surface area contributed by atoms with Gasteiger partial charge in [0.05, 0.1) is 25.0 Å². The average Bonchev–Trinajstić information content (AvgIpc) is 3.08. The average molecular weight is 382 g/mol. The van der Waals surface area contributed by atoms with E-state index in [2.05, 4.69) is 10.1 Å². The van der Waals surface area contributed by atoms with Crippen LogP contribution in [-0.4, -0.2) is 32.8 Å². The summed E-state index contributed by atoms with van der Waals surface area (Å²) in [6.45, 7) is 4.38. The summed E-state index contributed by atoms with van der Waals surface area (Å²) in [4.78, 5) is 21.7. The van der Waals surface area contributed by atoms with E-state index in [4.69, 9.17) is 14.5 Å². The van der Waals surface area contributed by atoms with Gasteiger partial charge in [-0.3, -0.25) is 0 Å². The van der Waals surface area contributed by atoms with Crippen LogP contribution in [0.3, 0.4) is 0 Å². The minimum atomic E-state index is -0.499. The van der Waals surface area contributed by atoms with Gasteiger partial charge in [0.1, 0.15) is 18.8 Å². The van der Waals surface area contributed by atoms with Crippen LogP contribution in [0.5, 0.6) is 0 Å². The molecule has 0 spiro atoms. The van der Waals surface area contributed by atoms with Gasteiger partial charge in [0.2, 0.25) is 0 Å². The van der Waals surface area contributed by atoms with Crippen molar-refractivity contribution in [1.82, 2.24) is 19.7 Å². The number of rotatable bonds is 3. The highest BCUT2D eigenvalue weighted by molar-refractivity contribution is 6.00. The van der Waals surface area contributed by atoms with Crippen LogP contribution in [0, 0.1) is 5.82 Å². The molecule has 1 aliphatic rings. The van der Waals surface area contributed by atoms with Crippen LogP contribution in [0.4, 0.5) is 4.39 Å². The first-order chi connectivity index (χ1) is 13.5. The molecule has 0 unspecified atom stereocenters. The zero-order valence-corrected chi connectivity index (χ0v) is 15.8. The van der Waals surface area contributed by atoms with Crippen molar-refractivity contribution in [2.45, 2.75) is 33.0 Å². The molecule has 3 heterocycles. The number of carbonyl (C=O) groups excluding carboxylic acids is 1. The lowest BCUT2D eigenvalue weighted by atomic mass is 9.90. The van der Waals surface area contributed by atoms with Crippen molar-refractivity contribution in [2.24, 2.45) is 0 Å². The first-order valence-corrected chi connectivity index (χ1v) is 8.89. The van der Waals surface area contributed by atoms with Crippen molar-refractivity contribution < 1.29 is 18.7 Å². The Labute approximate surface area is 161 Å². The van der Waals surface area contributed by atoms with E-state index in [0.717, 1.165) is 0 Å². The fraction of sp³-hybridized carbons (Fsp3) is 0.300. The van der Waals surface area contributed by atoms with E-state index < -0.39 is 5.97 Å². The summed E-state index contributed by atoms with van der Waals surface area (Å²) < 4.78 is 26.0. The third-order valence-electron chi connectivity index (χ3n) is 4.67. The van der Waals surface area contributed by atoms with E-state index in [1.807, 2.05) is 13.8 Å². The molecule has 0 N–H and O–H groups in total. The Balaban J connectivity index is 2.12. The summed E-state index contributed by atoms with van der Waals surface area (Å²) in [5.41, 5.74) is 2.90. The van der Waals surface area contributed by atoms with Gasteiger partial charge < -0.3 is 9.47 Å². The predicted octanol–water partition coefficient (Wildman–Crippen LogP) is 3.41. The molecule has 2 aromatic heterocycles. The summed E-state index contributed by atoms with van der Waals surface area (Å²) in [5.74, 6) is 0.260. The van der Waals surface area contributed by atoms with Crippen LogP contribution in [-0.2, 0) is 22.7 Å². The van der Waals surface area contributed by atoms with Crippen LogP contribution in [0.15, 0.2) is 30.6 Å². The monoisotopic (exact) mass is 382 g/mol. The summed E-state index contributed by atoms with van der Waals surface area (Å²) in [6, 6.07) is 5.98. The summed E-state index contributed by atoms with van der Waals surface area (Å²) in [7, 11) is 1.33. The zero-order valence-electron chi connectivity index (χ0n) is 15.8. The number of pyridine rings is 1. The molecule has 0 amide bonds. The lowest BCUT2D eigenvalue weighted by Gasteiger charge is -2.21. The fourth-order valence-corrected chi connectivity index (χ4v) is 3.39. The largest absolute Gasteiger partial charge is 0.465 e. The molecule has 0 aliphatic carbocycles. The molecule has 144 valence electrons. The Kier molecular flexibility index (Phi) is 4.64. The quantitative estimate of drug-likeness (QED) is 0.646. The minimum absolute atomic E-state index is 0.0604. The third-order valence-corrected chi connectivity index (χ3v) is 4.67. The van der Waals surface area contributed by atoms with Crippen LogP contribution in [0.25, 0.3) is 16.9 Å². The molecule has 0 fully saturated rings. The smallest absolute Gasteiger partial charge is 0.340 e. The van der Waals surface area contributed by atoms with E-state index in [9.17, 15) is 9.18 Å². The first-order valence-electron chi connectivity index (χ1n) is 8.89. The molecule has 4 rings (SSSR count). The number of halogens is 1. The SMILES string of the molecule is COC(=O)c1c(C(C)C)nc2c(c1-c1ccc(F)cc1)COCc1ncnn1-2. The first kappa shape index (κ1) is 18.2. The highest BCUT2D eigenvalue weighted by atomic mass is 19.1. The van der Waals surface area contributed by atoms with E-state index in [1.54, 1.807) is 16.8 Å². The molecular formula is C20H19FN4O3. The molecule has 28 heavy (non-hydrogen) atoms. The van der Waals surface area contributed by atoms with Gasteiger partial charge in [0, 0.05) is 11.1 Å². The van der Waals surface area contributed by atoms with Crippen LogP contribution < -0.4 is 0 Å². The maximum absolute atomic E-state index is 13.5. The number of esters is 1. The molecule has 0 bridgehead atoms. The fourth-order valence-electron chi connectivity index (χ4n) is 3.39. The molecule has 0 saturated heterocycles. The molecule has 1 aromatic carbocycles. The Morgan fingerprint density at radius 3 is 2.68 bits per heavy atom. The van der Waals surface area contributed by atoms with Gasteiger partial charge in [-0.25, -0.2) is 19.2 Å². The van der Waals surface area contributed by atoms with Crippen LogP contribution >= 0.6 is 0 Å². The number of fused-ring (bicyclic) bond motifs is 3. The van der Waals surface area contributed by atoms with Crippen molar-refractivity contribution in [3.05, 3.63) is 59.1 Å². The highest BCUT2D eigenvalue weighted by Crippen LogP contribution is 2.37.